The molecule has 0 saturated carbocycles. The monoisotopic (exact) mass is 57.0 g/mol. The molecular weight excluding hydrogens is 56.8 g/mol. The summed E-state index contributed by atoms with van der Waals surface area (Å²) in [5, 5.41) is 1.81. The third-order valence-corrected chi connectivity index (χ3v) is 0.0430. The second kappa shape index (κ2) is 2.46. The molecule has 0 saturated heterocycles. The van der Waals surface area contributed by atoms with Crippen molar-refractivity contribution in [1.82, 2.24) is 0 Å². The summed E-state index contributed by atoms with van der Waals surface area (Å²) in [4.78, 5) is 8.56. The Hall–Kier alpha value is -0.535. The first-order valence-electron chi connectivity index (χ1n) is 0.676. The van der Waals surface area contributed by atoms with Gasteiger partial charge in [-0.2, -0.15) is 0 Å². The molecule has 0 aliphatic heterocycles. The summed E-state index contributed by atoms with van der Waals surface area (Å²) in [6, 6.07) is 0. The van der Waals surface area contributed by atoms with Crippen LogP contribution in [0.3, 0.4) is 0 Å². The van der Waals surface area contributed by atoms with Crippen LogP contribution in [0.25, 0.3) is 0 Å². The van der Waals surface area contributed by atoms with Crippen molar-refractivity contribution in [3.8, 4) is 0 Å². The van der Waals surface area contributed by atoms with E-state index in [-0.39, 0.29) is 7.28 Å². The molecule has 3 nitrogen and oxygen atoms in total. The van der Waals surface area contributed by atoms with Crippen molar-refractivity contribution < 1.29 is 4.70 Å². The molecule has 0 atom stereocenters. The van der Waals surface area contributed by atoms with E-state index >= 15 is 0 Å². The van der Waals surface area contributed by atoms with Gasteiger partial charge in [0.1, 0.15) is 0 Å². The second-order valence-corrected chi connectivity index (χ2v) is 0.211. The van der Waals surface area contributed by atoms with Crippen LogP contribution in [0.5, 0.6) is 0 Å². The standard InChI is InChI=1S/BNO2/c3-1-2-4. The summed E-state index contributed by atoms with van der Waals surface area (Å²) in [7, 11) is -0.0556. The predicted molar refractivity (Wildman–Crippen MR) is 12.2 cm³/mol. The molecular formula is BNO2. The van der Waals surface area contributed by atoms with Crippen molar-refractivity contribution in [1.29, 1.82) is 0 Å². The first-order chi connectivity index (χ1) is 1.91. The summed E-state index contributed by atoms with van der Waals surface area (Å²) < 4.78 is 8.69. The molecule has 0 amide bonds. The molecule has 0 heterocycles. The van der Waals surface area contributed by atoms with E-state index in [2.05, 4.69) is 0 Å². The van der Waals surface area contributed by atoms with E-state index in [4.69, 9.17) is 9.61 Å². The molecule has 0 rings (SSSR count). The molecule has 0 aromatic rings. The maximum atomic E-state index is 8.69. The van der Waals surface area contributed by atoms with E-state index < -0.39 is 0 Å². The van der Waals surface area contributed by atoms with Gasteiger partial charge in [-0.25, -0.2) is 0 Å². The van der Waals surface area contributed by atoms with E-state index in [1.165, 1.54) is 0 Å². The van der Waals surface area contributed by atoms with Crippen molar-refractivity contribution in [2.45, 2.75) is 0 Å². The van der Waals surface area contributed by atoms with E-state index in [0.717, 1.165) is 0 Å². The molecule has 0 N–H and O–H groups in total. The zero-order chi connectivity index (χ0) is 3.41. The van der Waals surface area contributed by atoms with E-state index in [0.29, 0.717) is 0 Å². The SMILES string of the molecule is O=BN=O. The molecule has 4 heteroatoms. The van der Waals surface area contributed by atoms with Crippen LogP contribution in [0.4, 0.5) is 0 Å². The molecule has 0 spiro atoms. The molecule has 0 aliphatic rings. The molecule has 0 aromatic carbocycles. The van der Waals surface area contributed by atoms with E-state index in [1.807, 2.05) is 0 Å². The Balaban J connectivity index is 2.73. The summed E-state index contributed by atoms with van der Waals surface area (Å²) in [6.07, 6.45) is 0. The van der Waals surface area contributed by atoms with Gasteiger partial charge in [-0.1, -0.05) is 0 Å². The fraction of sp³-hybridized carbons (Fsp3) is 0. The average Bonchev–Trinajstić information content (AvgIpc) is 1.37. The Labute approximate surface area is 23.3 Å². The minimum atomic E-state index is -0.0556. The molecule has 0 bridgehead atoms. The van der Waals surface area contributed by atoms with Crippen LogP contribution in [-0.4, -0.2) is 7.28 Å². The summed E-state index contributed by atoms with van der Waals surface area (Å²) in [6.45, 7) is 0. The fourth-order valence-electron chi connectivity index (χ4n) is 0. The number of nitroso groups, excluding NO2 is 1. The van der Waals surface area contributed by atoms with Crippen LogP contribution in [0.2, 0.25) is 0 Å². The normalized spacial score (nSPS) is 4.00. The van der Waals surface area contributed by atoms with Crippen LogP contribution in [0.1, 0.15) is 0 Å². The Morgan fingerprint density at radius 3 is 2.00 bits per heavy atom. The van der Waals surface area contributed by atoms with Crippen LogP contribution >= 0.6 is 0 Å². The topological polar surface area (TPSA) is 46.5 Å². The molecule has 0 unspecified atom stereocenters. The Kier molecular flexibility index (Phi) is 2.14. The first kappa shape index (κ1) is 3.46. The molecule has 4 heavy (non-hydrogen) atoms. The third kappa shape index (κ3) is 1.46. The van der Waals surface area contributed by atoms with Crippen molar-refractivity contribution in [3.05, 3.63) is 4.91 Å². The van der Waals surface area contributed by atoms with Crippen LogP contribution < -0.4 is 0 Å². The van der Waals surface area contributed by atoms with Crippen LogP contribution in [0.15, 0.2) is 5.09 Å². The quantitative estimate of drug-likeness (QED) is 0.306. The summed E-state index contributed by atoms with van der Waals surface area (Å²) >= 11 is 0. The van der Waals surface area contributed by atoms with Gasteiger partial charge in [-0.05, 0) is 0 Å². The van der Waals surface area contributed by atoms with Crippen LogP contribution in [0, 0.1) is 4.91 Å². The number of hydrogen-bond acceptors (Lipinski definition) is 2. The third-order valence-electron chi connectivity index (χ3n) is 0.0430. The van der Waals surface area contributed by atoms with Gasteiger partial charge < -0.3 is 0 Å². The van der Waals surface area contributed by atoms with E-state index in [1.54, 1.807) is 5.09 Å². The van der Waals surface area contributed by atoms with Crippen LogP contribution in [-0.2, 0) is 4.70 Å². The Bertz CT molecular complexity index is 27.0. The van der Waals surface area contributed by atoms with Crippen molar-refractivity contribution in [2.75, 3.05) is 0 Å². The minimum absolute atomic E-state index is 0.0556. The molecule has 20 valence electrons. The van der Waals surface area contributed by atoms with Gasteiger partial charge in [0.25, 0.3) is 0 Å². The van der Waals surface area contributed by atoms with Crippen molar-refractivity contribution in [2.24, 2.45) is 5.09 Å². The summed E-state index contributed by atoms with van der Waals surface area (Å²) in [5.74, 6) is 0. The zero-order valence-electron chi connectivity index (χ0n) is 1.84. The van der Waals surface area contributed by atoms with Crippen molar-refractivity contribution >= 4 is 7.28 Å². The first-order valence-corrected chi connectivity index (χ1v) is 0.676. The fourth-order valence-corrected chi connectivity index (χ4v) is 0. The maximum absolute atomic E-state index is 8.69. The van der Waals surface area contributed by atoms with Gasteiger partial charge in [-0.15, -0.1) is 0 Å². The number of rotatable bonds is 1. The summed E-state index contributed by atoms with van der Waals surface area (Å²) in [5.41, 5.74) is 0. The van der Waals surface area contributed by atoms with Gasteiger partial charge in [0.15, 0.2) is 0 Å². The predicted octanol–water partition coefficient (Wildman–Crippen LogP) is -0.283. The Morgan fingerprint density at radius 1 is 1.75 bits per heavy atom. The second-order valence-electron chi connectivity index (χ2n) is 0.211. The zero-order valence-corrected chi connectivity index (χ0v) is 1.84. The molecule has 0 radical (unpaired) electrons. The molecule has 0 fully saturated rings. The number of nitrogens with zero attached hydrogens (tertiary/aromatic N) is 1. The van der Waals surface area contributed by atoms with Gasteiger partial charge in [0.2, 0.25) is 0 Å². The molecule has 0 aliphatic carbocycles. The van der Waals surface area contributed by atoms with Gasteiger partial charge in [0.05, 0.1) is 0 Å². The molecule has 0 aromatic heterocycles. The van der Waals surface area contributed by atoms with Gasteiger partial charge in [0, 0.05) is 0 Å². The number of hydrogen-bond donors (Lipinski definition) is 0. The van der Waals surface area contributed by atoms with Crippen molar-refractivity contribution in [3.63, 3.8) is 0 Å². The van der Waals surface area contributed by atoms with Gasteiger partial charge >= 0.3 is 22.0 Å². The van der Waals surface area contributed by atoms with Gasteiger partial charge in [-0.3, -0.25) is 0 Å². The average molecular weight is 56.8 g/mol. The Morgan fingerprint density at radius 2 is 2.00 bits per heavy atom. The van der Waals surface area contributed by atoms with E-state index in [9.17, 15) is 0 Å².